The van der Waals surface area contributed by atoms with Crippen LogP contribution >= 0.6 is 0 Å². The van der Waals surface area contributed by atoms with Gasteiger partial charge in [-0.3, -0.25) is 20.2 Å². The first kappa shape index (κ1) is 15.4. The summed E-state index contributed by atoms with van der Waals surface area (Å²) in [4.78, 5) is 20.1. The summed E-state index contributed by atoms with van der Waals surface area (Å²) in [5.74, 6) is 0.00412. The highest BCUT2D eigenvalue weighted by molar-refractivity contribution is 5.53. The molecule has 0 bridgehead atoms. The maximum Gasteiger partial charge on any atom is 0.317 e. The Hall–Kier alpha value is -2.70. The van der Waals surface area contributed by atoms with Crippen LogP contribution in [0.5, 0.6) is 5.75 Å². The molecule has 0 atom stereocenters. The maximum absolute atomic E-state index is 10.9. The van der Waals surface area contributed by atoms with Gasteiger partial charge in [-0.05, 0) is 25.5 Å². The van der Waals surface area contributed by atoms with Gasteiger partial charge in [0.25, 0.3) is 5.69 Å². The highest BCUT2D eigenvalue weighted by Crippen LogP contribution is 2.31. The second kappa shape index (κ2) is 7.03. The van der Waals surface area contributed by atoms with Crippen molar-refractivity contribution >= 4 is 11.4 Å². The number of nitrogens with zero attached hydrogens (tertiary/aromatic N) is 2. The molecule has 1 rings (SSSR count). The normalized spacial score (nSPS) is 11.6. The van der Waals surface area contributed by atoms with Crippen LogP contribution < -0.4 is 4.74 Å². The Labute approximate surface area is 115 Å². The number of hydrogen-bond acceptors (Lipinski definition) is 5. The van der Waals surface area contributed by atoms with Crippen LogP contribution in [0, 0.1) is 20.2 Å². The molecule has 0 spiro atoms. The highest BCUT2D eigenvalue weighted by atomic mass is 16.6. The number of allylic oxidation sites excluding steroid dienone is 2. The van der Waals surface area contributed by atoms with Crippen molar-refractivity contribution in [3.8, 4) is 5.75 Å². The van der Waals surface area contributed by atoms with E-state index in [4.69, 9.17) is 4.74 Å². The molecule has 1 aromatic carbocycles. The van der Waals surface area contributed by atoms with Gasteiger partial charge < -0.3 is 4.74 Å². The number of benzene rings is 1. The number of rotatable bonds is 6. The fraction of sp³-hybridized carbons (Fsp3) is 0.231. The number of nitro benzene ring substituents is 2. The largest absolute Gasteiger partial charge is 0.482 e. The van der Waals surface area contributed by atoms with Crippen LogP contribution in [0.25, 0.3) is 0 Å². The van der Waals surface area contributed by atoms with Gasteiger partial charge in [-0.2, -0.15) is 0 Å². The molecule has 20 heavy (non-hydrogen) atoms. The zero-order valence-electron chi connectivity index (χ0n) is 11.1. The molecular formula is C13H14N2O5. The molecule has 7 nitrogen and oxygen atoms in total. The molecule has 0 fully saturated rings. The molecule has 7 heteroatoms. The molecular weight excluding hydrogens is 264 g/mol. The van der Waals surface area contributed by atoms with E-state index < -0.39 is 15.5 Å². The smallest absolute Gasteiger partial charge is 0.317 e. The monoisotopic (exact) mass is 278 g/mol. The first-order valence-electron chi connectivity index (χ1n) is 5.83. The molecule has 0 saturated carbocycles. The Bertz CT molecular complexity index is 578. The molecule has 1 aromatic rings. The van der Waals surface area contributed by atoms with Crippen LogP contribution in [0.3, 0.4) is 0 Å². The third-order valence-corrected chi connectivity index (χ3v) is 2.50. The van der Waals surface area contributed by atoms with Crippen LogP contribution in [0.15, 0.2) is 42.0 Å². The average molecular weight is 278 g/mol. The van der Waals surface area contributed by atoms with E-state index in [0.29, 0.717) is 0 Å². The molecule has 0 aliphatic heterocycles. The van der Waals surface area contributed by atoms with Crippen LogP contribution in [0.1, 0.15) is 13.8 Å². The molecule has 0 N–H and O–H groups in total. The van der Waals surface area contributed by atoms with E-state index in [0.717, 1.165) is 11.6 Å². The minimum atomic E-state index is -0.701. The predicted molar refractivity (Wildman–Crippen MR) is 73.8 cm³/mol. The Morgan fingerprint density at radius 2 is 1.95 bits per heavy atom. The van der Waals surface area contributed by atoms with Crippen molar-refractivity contribution in [3.63, 3.8) is 0 Å². The minimum Gasteiger partial charge on any atom is -0.482 e. The Balaban J connectivity index is 3.00. The van der Waals surface area contributed by atoms with E-state index in [-0.39, 0.29) is 18.0 Å². The Morgan fingerprint density at radius 3 is 2.45 bits per heavy atom. The molecule has 0 saturated heterocycles. The van der Waals surface area contributed by atoms with Gasteiger partial charge in [-0.1, -0.05) is 18.2 Å². The van der Waals surface area contributed by atoms with Crippen molar-refractivity contribution in [1.29, 1.82) is 0 Å². The number of hydrogen-bond donors (Lipinski definition) is 0. The first-order chi connectivity index (χ1) is 9.49. The zero-order chi connectivity index (χ0) is 15.1. The summed E-state index contributed by atoms with van der Waals surface area (Å²) in [7, 11) is 0. The second-order valence-corrected chi connectivity index (χ2v) is 3.82. The second-order valence-electron chi connectivity index (χ2n) is 3.82. The van der Waals surface area contributed by atoms with Gasteiger partial charge in [-0.15, -0.1) is 0 Å². The minimum absolute atomic E-state index is 0.00412. The zero-order valence-corrected chi connectivity index (χ0v) is 11.1. The van der Waals surface area contributed by atoms with Gasteiger partial charge in [0.05, 0.1) is 15.9 Å². The first-order valence-corrected chi connectivity index (χ1v) is 5.83. The predicted octanol–water partition coefficient (Wildman–Crippen LogP) is 3.40. The van der Waals surface area contributed by atoms with Crippen molar-refractivity contribution in [1.82, 2.24) is 0 Å². The van der Waals surface area contributed by atoms with Crippen molar-refractivity contribution in [2.75, 3.05) is 6.61 Å². The molecule has 0 radical (unpaired) electrons. The standard InChI is InChI=1S/C13H14N2O5/c1-3-5-10(4-2)9-20-13-7-6-11(14(16)17)8-12(13)15(18)19/h3-8H,9H2,1-2H3/b5-3-,10-4+. The van der Waals surface area contributed by atoms with Crippen molar-refractivity contribution in [2.45, 2.75) is 13.8 Å². The lowest BCUT2D eigenvalue weighted by molar-refractivity contribution is -0.394. The van der Waals surface area contributed by atoms with Gasteiger partial charge in [-0.25, -0.2) is 0 Å². The molecule has 106 valence electrons. The van der Waals surface area contributed by atoms with Gasteiger partial charge in [0, 0.05) is 6.07 Å². The topological polar surface area (TPSA) is 95.5 Å². The number of nitro groups is 2. The lowest BCUT2D eigenvalue weighted by Crippen LogP contribution is -2.02. The Morgan fingerprint density at radius 1 is 1.25 bits per heavy atom. The van der Waals surface area contributed by atoms with Crippen molar-refractivity contribution in [2.24, 2.45) is 0 Å². The Kier molecular flexibility index (Phi) is 5.40. The van der Waals surface area contributed by atoms with E-state index in [1.807, 2.05) is 32.1 Å². The van der Waals surface area contributed by atoms with Gasteiger partial charge in [0.15, 0.2) is 5.75 Å². The van der Waals surface area contributed by atoms with Crippen LogP contribution in [-0.2, 0) is 0 Å². The van der Waals surface area contributed by atoms with Crippen molar-refractivity contribution in [3.05, 3.63) is 62.2 Å². The number of non-ortho nitro benzene ring substituents is 1. The van der Waals surface area contributed by atoms with E-state index in [1.165, 1.54) is 12.1 Å². The van der Waals surface area contributed by atoms with E-state index in [2.05, 4.69) is 0 Å². The summed E-state index contributed by atoms with van der Waals surface area (Å²) in [6.07, 6.45) is 5.46. The third kappa shape index (κ3) is 3.91. The summed E-state index contributed by atoms with van der Waals surface area (Å²) in [5.41, 5.74) is 0.0824. The van der Waals surface area contributed by atoms with E-state index in [9.17, 15) is 20.2 Å². The number of ether oxygens (including phenoxy) is 1. The van der Waals surface area contributed by atoms with E-state index in [1.54, 1.807) is 0 Å². The molecule has 0 amide bonds. The third-order valence-electron chi connectivity index (χ3n) is 2.50. The van der Waals surface area contributed by atoms with Crippen molar-refractivity contribution < 1.29 is 14.6 Å². The lowest BCUT2D eigenvalue weighted by atomic mass is 10.2. The van der Waals surface area contributed by atoms with Gasteiger partial charge in [0.2, 0.25) is 0 Å². The quantitative estimate of drug-likeness (QED) is 0.451. The van der Waals surface area contributed by atoms with Gasteiger partial charge >= 0.3 is 5.69 Å². The summed E-state index contributed by atoms with van der Waals surface area (Å²) in [6.45, 7) is 3.82. The van der Waals surface area contributed by atoms with E-state index >= 15 is 0 Å². The van der Waals surface area contributed by atoms with Gasteiger partial charge in [0.1, 0.15) is 6.61 Å². The fourth-order valence-corrected chi connectivity index (χ4v) is 1.49. The summed E-state index contributed by atoms with van der Waals surface area (Å²) < 4.78 is 5.35. The molecule has 0 unspecified atom stereocenters. The summed E-state index contributed by atoms with van der Waals surface area (Å²) >= 11 is 0. The average Bonchev–Trinajstić information content (AvgIpc) is 2.42. The van der Waals surface area contributed by atoms with Crippen LogP contribution in [-0.4, -0.2) is 16.5 Å². The summed E-state index contributed by atoms with van der Waals surface area (Å²) in [5, 5.41) is 21.5. The summed E-state index contributed by atoms with van der Waals surface area (Å²) in [6, 6.07) is 3.30. The molecule has 0 aromatic heterocycles. The van der Waals surface area contributed by atoms with Crippen LogP contribution in [0.2, 0.25) is 0 Å². The lowest BCUT2D eigenvalue weighted by Gasteiger charge is -2.07. The SMILES string of the molecule is C/C=C\C(=C/C)COc1ccc([N+](=O)[O-])cc1[N+](=O)[O-]. The molecule has 0 aliphatic carbocycles. The molecule has 0 aliphatic rings. The maximum atomic E-state index is 10.9. The highest BCUT2D eigenvalue weighted by Gasteiger charge is 2.20. The fourth-order valence-electron chi connectivity index (χ4n) is 1.49. The molecule has 0 heterocycles. The van der Waals surface area contributed by atoms with Crippen LogP contribution in [0.4, 0.5) is 11.4 Å².